The van der Waals surface area contributed by atoms with Crippen LogP contribution in [-0.2, 0) is 19.9 Å². The van der Waals surface area contributed by atoms with E-state index in [1.807, 2.05) is 0 Å². The molecule has 2 N–H and O–H groups in total. The van der Waals surface area contributed by atoms with E-state index in [0.717, 1.165) is 25.6 Å². The summed E-state index contributed by atoms with van der Waals surface area (Å²) < 4.78 is 46.9. The molecule has 0 aromatic carbocycles. The van der Waals surface area contributed by atoms with Gasteiger partial charge < -0.3 is 5.32 Å². The van der Waals surface area contributed by atoms with Crippen molar-refractivity contribution in [1.82, 2.24) is 10.0 Å². The minimum atomic E-state index is -3.72. The van der Waals surface area contributed by atoms with Crippen LogP contribution in [-0.4, -0.2) is 47.3 Å². The summed E-state index contributed by atoms with van der Waals surface area (Å²) in [6.45, 7) is 1.44. The summed E-state index contributed by atoms with van der Waals surface area (Å²) in [4.78, 5) is 0. The van der Waals surface area contributed by atoms with Crippen molar-refractivity contribution in [2.75, 3.05) is 24.4 Å². The Morgan fingerprint density at radius 2 is 2.00 bits per heavy atom. The van der Waals surface area contributed by atoms with Crippen molar-refractivity contribution in [3.05, 3.63) is 0 Å². The van der Waals surface area contributed by atoms with Gasteiger partial charge in [0.2, 0.25) is 10.0 Å². The number of rotatable bonds is 4. The Kier molecular flexibility index (Phi) is 4.10. The molecule has 1 atom stereocenters. The minimum absolute atomic E-state index is 0.189. The number of sulfonamides is 1. The van der Waals surface area contributed by atoms with Gasteiger partial charge in [-0.3, -0.25) is 0 Å². The first kappa shape index (κ1) is 12.9. The molecular weight excluding hydrogens is 240 g/mol. The van der Waals surface area contributed by atoms with Crippen LogP contribution in [0.25, 0.3) is 0 Å². The van der Waals surface area contributed by atoms with E-state index in [1.54, 1.807) is 0 Å². The van der Waals surface area contributed by atoms with Gasteiger partial charge in [0.05, 0.1) is 0 Å². The van der Waals surface area contributed by atoms with Gasteiger partial charge in [-0.25, -0.2) is 21.6 Å². The average Bonchev–Trinajstić information content (AvgIpc) is 1.99. The van der Waals surface area contributed by atoms with Crippen LogP contribution >= 0.6 is 0 Å². The zero-order valence-corrected chi connectivity index (χ0v) is 10.2. The van der Waals surface area contributed by atoms with E-state index in [4.69, 9.17) is 0 Å². The highest BCUT2D eigenvalue weighted by molar-refractivity contribution is 8.06. The molecular formula is C7H16N2O4S2. The number of hydrogen-bond donors (Lipinski definition) is 2. The van der Waals surface area contributed by atoms with E-state index in [2.05, 4.69) is 10.0 Å². The fraction of sp³-hybridized carbons (Fsp3) is 1.00. The van der Waals surface area contributed by atoms with Crippen LogP contribution < -0.4 is 10.0 Å². The summed E-state index contributed by atoms with van der Waals surface area (Å²) in [6, 6.07) is -0.189. The molecule has 0 aromatic heterocycles. The van der Waals surface area contributed by atoms with Gasteiger partial charge >= 0.3 is 0 Å². The average molecular weight is 256 g/mol. The zero-order chi connectivity index (χ0) is 11.5. The van der Waals surface area contributed by atoms with Gasteiger partial charge in [0, 0.05) is 18.8 Å². The van der Waals surface area contributed by atoms with E-state index in [0.29, 0.717) is 6.54 Å². The molecule has 0 aromatic rings. The fourth-order valence-corrected chi connectivity index (χ4v) is 4.76. The van der Waals surface area contributed by atoms with Crippen LogP contribution in [0.4, 0.5) is 0 Å². The number of hydrogen-bond acceptors (Lipinski definition) is 5. The SMILES string of the molecule is CS(=O)(=O)CS(=O)(=O)N[C@H]1CCCNC1. The molecule has 0 unspecified atom stereocenters. The second kappa shape index (κ2) is 4.77. The molecule has 0 aliphatic carbocycles. The topological polar surface area (TPSA) is 92.3 Å². The van der Waals surface area contributed by atoms with Crippen LogP contribution in [0.2, 0.25) is 0 Å². The molecule has 0 spiro atoms. The van der Waals surface area contributed by atoms with Gasteiger partial charge in [0.15, 0.2) is 14.9 Å². The Morgan fingerprint density at radius 3 is 2.47 bits per heavy atom. The Labute approximate surface area is 90.4 Å². The second-order valence-corrected chi connectivity index (χ2v) is 8.08. The Balaban J connectivity index is 2.56. The number of piperidine rings is 1. The van der Waals surface area contributed by atoms with Crippen LogP contribution in [0.3, 0.4) is 0 Å². The molecule has 1 heterocycles. The van der Waals surface area contributed by atoms with Gasteiger partial charge in [-0.2, -0.15) is 0 Å². The molecule has 0 bridgehead atoms. The van der Waals surface area contributed by atoms with Crippen molar-refractivity contribution in [2.24, 2.45) is 0 Å². The Morgan fingerprint density at radius 1 is 1.33 bits per heavy atom. The minimum Gasteiger partial charge on any atom is -0.315 e. The first-order valence-corrected chi connectivity index (χ1v) is 8.38. The van der Waals surface area contributed by atoms with Gasteiger partial charge in [-0.15, -0.1) is 0 Å². The monoisotopic (exact) mass is 256 g/mol. The van der Waals surface area contributed by atoms with Crippen molar-refractivity contribution >= 4 is 19.9 Å². The molecule has 15 heavy (non-hydrogen) atoms. The maximum atomic E-state index is 11.4. The van der Waals surface area contributed by atoms with Gasteiger partial charge in [0.25, 0.3) is 0 Å². The third-order valence-electron chi connectivity index (χ3n) is 2.01. The summed E-state index contributed by atoms with van der Waals surface area (Å²) in [6.07, 6.45) is 2.55. The quantitative estimate of drug-likeness (QED) is 0.649. The molecule has 0 saturated carbocycles. The van der Waals surface area contributed by atoms with Crippen molar-refractivity contribution in [3.63, 3.8) is 0 Å². The molecule has 1 aliphatic rings. The normalized spacial score (nSPS) is 23.9. The molecule has 90 valence electrons. The Hall–Kier alpha value is -0.180. The first-order valence-electron chi connectivity index (χ1n) is 4.67. The lowest BCUT2D eigenvalue weighted by Crippen LogP contribution is -2.46. The summed E-state index contributed by atoms with van der Waals surface area (Å²) in [5.74, 6) is 0. The maximum absolute atomic E-state index is 11.4. The van der Waals surface area contributed by atoms with E-state index >= 15 is 0 Å². The predicted molar refractivity (Wildman–Crippen MR) is 57.7 cm³/mol. The van der Waals surface area contributed by atoms with Crippen LogP contribution in [0.15, 0.2) is 0 Å². The first-order chi connectivity index (χ1) is 6.79. The van der Waals surface area contributed by atoms with E-state index in [1.165, 1.54) is 0 Å². The zero-order valence-electron chi connectivity index (χ0n) is 8.56. The molecule has 1 saturated heterocycles. The standard InChI is InChI=1S/C7H16N2O4S2/c1-14(10,11)6-15(12,13)9-7-3-2-4-8-5-7/h7-9H,2-6H2,1H3/t7-/m0/s1. The third-order valence-corrected chi connectivity index (χ3v) is 5.66. The van der Waals surface area contributed by atoms with E-state index in [9.17, 15) is 16.8 Å². The van der Waals surface area contributed by atoms with Crippen molar-refractivity contribution in [2.45, 2.75) is 18.9 Å². The highest BCUT2D eigenvalue weighted by Gasteiger charge is 2.23. The second-order valence-electron chi connectivity index (χ2n) is 3.82. The van der Waals surface area contributed by atoms with Crippen LogP contribution in [0.5, 0.6) is 0 Å². The largest absolute Gasteiger partial charge is 0.315 e. The molecule has 1 fully saturated rings. The van der Waals surface area contributed by atoms with Crippen LogP contribution in [0, 0.1) is 0 Å². The Bertz CT molecular complexity index is 395. The van der Waals surface area contributed by atoms with Gasteiger partial charge in [-0.05, 0) is 19.4 Å². The number of nitrogens with one attached hydrogen (secondary N) is 2. The van der Waals surface area contributed by atoms with Gasteiger partial charge in [-0.1, -0.05) is 0 Å². The lowest BCUT2D eigenvalue weighted by atomic mass is 10.1. The van der Waals surface area contributed by atoms with E-state index in [-0.39, 0.29) is 6.04 Å². The van der Waals surface area contributed by atoms with Gasteiger partial charge in [0.1, 0.15) is 0 Å². The third kappa shape index (κ3) is 5.45. The highest BCUT2D eigenvalue weighted by atomic mass is 32.3. The molecule has 1 rings (SSSR count). The maximum Gasteiger partial charge on any atom is 0.226 e. The molecule has 8 heteroatoms. The van der Waals surface area contributed by atoms with E-state index < -0.39 is 24.9 Å². The molecule has 1 aliphatic heterocycles. The lowest BCUT2D eigenvalue weighted by molar-refractivity contribution is 0.429. The summed E-state index contributed by atoms with van der Waals surface area (Å²) >= 11 is 0. The fourth-order valence-electron chi connectivity index (χ4n) is 1.52. The summed E-state index contributed by atoms with van der Waals surface area (Å²) in [7, 11) is -7.22. The predicted octanol–water partition coefficient (Wildman–Crippen LogP) is -1.34. The van der Waals surface area contributed by atoms with Crippen molar-refractivity contribution < 1.29 is 16.8 Å². The lowest BCUT2D eigenvalue weighted by Gasteiger charge is -2.23. The molecule has 0 radical (unpaired) electrons. The summed E-state index contributed by atoms with van der Waals surface area (Å²) in [5, 5.41) is 2.21. The van der Waals surface area contributed by atoms with Crippen LogP contribution in [0.1, 0.15) is 12.8 Å². The number of sulfone groups is 1. The smallest absolute Gasteiger partial charge is 0.226 e. The molecule has 0 amide bonds. The van der Waals surface area contributed by atoms with Crippen molar-refractivity contribution in [1.29, 1.82) is 0 Å². The molecule has 6 nitrogen and oxygen atoms in total. The van der Waals surface area contributed by atoms with Crippen molar-refractivity contribution in [3.8, 4) is 0 Å². The highest BCUT2D eigenvalue weighted by Crippen LogP contribution is 2.04. The summed E-state index contributed by atoms with van der Waals surface area (Å²) in [5.41, 5.74) is 0.